The molecule has 0 N–H and O–H groups in total. The predicted octanol–water partition coefficient (Wildman–Crippen LogP) is 3.74. The highest BCUT2D eigenvalue weighted by Crippen LogP contribution is 2.29. The molecule has 0 aromatic carbocycles. The number of carbonyl (C=O) groups excluding carboxylic acids is 1. The maximum absolute atomic E-state index is 12.2. The highest BCUT2D eigenvalue weighted by molar-refractivity contribution is 9.10. The minimum Gasteiger partial charge on any atom is -0.444 e. The van der Waals surface area contributed by atoms with Crippen molar-refractivity contribution < 1.29 is 9.53 Å². The number of halogens is 1. The lowest BCUT2D eigenvalue weighted by molar-refractivity contribution is 0.0214. The van der Waals surface area contributed by atoms with Crippen molar-refractivity contribution in [3.05, 3.63) is 28.5 Å². The second-order valence-corrected chi connectivity index (χ2v) is 6.72. The molecule has 0 saturated heterocycles. The van der Waals surface area contributed by atoms with Gasteiger partial charge in [0.2, 0.25) is 0 Å². The molecule has 1 aliphatic carbocycles. The van der Waals surface area contributed by atoms with Crippen LogP contribution in [0.5, 0.6) is 0 Å². The van der Waals surface area contributed by atoms with Crippen LogP contribution in [0.1, 0.15) is 39.3 Å². The predicted molar refractivity (Wildman–Crippen MR) is 76.7 cm³/mol. The van der Waals surface area contributed by atoms with Crippen LogP contribution in [0.3, 0.4) is 0 Å². The molecule has 1 aliphatic rings. The first-order chi connectivity index (χ1) is 8.85. The molecule has 1 amide bonds. The minimum atomic E-state index is -0.461. The van der Waals surface area contributed by atoms with E-state index in [9.17, 15) is 4.79 Å². The van der Waals surface area contributed by atoms with Crippen LogP contribution < -0.4 is 0 Å². The average Bonchev–Trinajstić information content (AvgIpc) is 3.09. The van der Waals surface area contributed by atoms with Crippen LogP contribution in [0.15, 0.2) is 22.8 Å². The number of hydrogen-bond acceptors (Lipinski definition) is 3. The van der Waals surface area contributed by atoms with E-state index in [0.29, 0.717) is 12.6 Å². The molecular weight excluding hydrogens is 308 g/mol. The van der Waals surface area contributed by atoms with E-state index in [1.807, 2.05) is 32.9 Å². The maximum Gasteiger partial charge on any atom is 0.410 e. The lowest BCUT2D eigenvalue weighted by Gasteiger charge is -2.27. The molecule has 0 radical (unpaired) electrons. The first kappa shape index (κ1) is 14.3. The molecule has 104 valence electrons. The van der Waals surface area contributed by atoms with Gasteiger partial charge in [0.15, 0.2) is 0 Å². The van der Waals surface area contributed by atoms with Gasteiger partial charge in [-0.05, 0) is 61.7 Å². The van der Waals surface area contributed by atoms with Crippen molar-refractivity contribution in [3.63, 3.8) is 0 Å². The molecule has 2 rings (SSSR count). The van der Waals surface area contributed by atoms with E-state index in [-0.39, 0.29) is 6.09 Å². The summed E-state index contributed by atoms with van der Waals surface area (Å²) >= 11 is 3.35. The molecular formula is C14H19BrN2O2. The zero-order valence-electron chi connectivity index (χ0n) is 11.5. The smallest absolute Gasteiger partial charge is 0.410 e. The average molecular weight is 327 g/mol. The van der Waals surface area contributed by atoms with Gasteiger partial charge < -0.3 is 4.74 Å². The number of nitrogens with zero attached hydrogens (tertiary/aromatic N) is 2. The molecule has 1 aromatic rings. The number of aromatic nitrogens is 1. The van der Waals surface area contributed by atoms with Crippen LogP contribution in [-0.4, -0.2) is 27.6 Å². The van der Waals surface area contributed by atoms with Gasteiger partial charge in [-0.15, -0.1) is 0 Å². The fourth-order valence-electron chi connectivity index (χ4n) is 1.72. The Labute approximate surface area is 122 Å². The van der Waals surface area contributed by atoms with Crippen molar-refractivity contribution in [2.75, 3.05) is 0 Å². The number of pyridine rings is 1. The summed E-state index contributed by atoms with van der Waals surface area (Å²) in [6, 6.07) is 4.16. The summed E-state index contributed by atoms with van der Waals surface area (Å²) in [7, 11) is 0. The Morgan fingerprint density at radius 3 is 2.63 bits per heavy atom. The summed E-state index contributed by atoms with van der Waals surface area (Å²) in [4.78, 5) is 18.3. The molecule has 1 aromatic heterocycles. The second kappa shape index (κ2) is 5.49. The van der Waals surface area contributed by atoms with Gasteiger partial charge in [0.05, 0.1) is 12.2 Å². The van der Waals surface area contributed by atoms with Gasteiger partial charge in [-0.3, -0.25) is 9.88 Å². The molecule has 1 heterocycles. The number of carbonyl (C=O) groups is 1. The molecule has 1 saturated carbocycles. The summed E-state index contributed by atoms with van der Waals surface area (Å²) in [5, 5.41) is 0. The van der Waals surface area contributed by atoms with Crippen molar-refractivity contribution in [2.24, 2.45) is 0 Å². The number of amides is 1. The Morgan fingerprint density at radius 1 is 1.47 bits per heavy atom. The SMILES string of the molecule is CC(C)(C)OC(=O)N(Cc1ccc(Br)cn1)C1CC1. The molecule has 0 spiro atoms. The molecule has 0 unspecified atom stereocenters. The van der Waals surface area contributed by atoms with Crippen molar-refractivity contribution in [3.8, 4) is 0 Å². The first-order valence-electron chi connectivity index (χ1n) is 6.45. The summed E-state index contributed by atoms with van der Waals surface area (Å²) in [5.74, 6) is 0. The van der Waals surface area contributed by atoms with Gasteiger partial charge in [-0.25, -0.2) is 4.79 Å². The van der Waals surface area contributed by atoms with Gasteiger partial charge in [0, 0.05) is 16.7 Å². The molecule has 0 atom stereocenters. The van der Waals surface area contributed by atoms with E-state index >= 15 is 0 Å². The lowest BCUT2D eigenvalue weighted by Crippen LogP contribution is -2.38. The van der Waals surface area contributed by atoms with E-state index in [0.717, 1.165) is 23.0 Å². The quantitative estimate of drug-likeness (QED) is 0.849. The summed E-state index contributed by atoms with van der Waals surface area (Å²) in [5.41, 5.74) is 0.415. The largest absolute Gasteiger partial charge is 0.444 e. The van der Waals surface area contributed by atoms with Crippen LogP contribution in [-0.2, 0) is 11.3 Å². The molecule has 19 heavy (non-hydrogen) atoms. The van der Waals surface area contributed by atoms with E-state index in [1.165, 1.54) is 0 Å². The first-order valence-corrected chi connectivity index (χ1v) is 7.24. The Morgan fingerprint density at radius 2 is 2.16 bits per heavy atom. The van der Waals surface area contributed by atoms with E-state index in [4.69, 9.17) is 4.74 Å². The van der Waals surface area contributed by atoms with Crippen LogP contribution >= 0.6 is 15.9 Å². The standard InChI is InChI=1S/C14H19BrN2O2/c1-14(2,3)19-13(18)17(12-6-7-12)9-11-5-4-10(15)8-16-11/h4-5,8,12H,6-7,9H2,1-3H3. The molecule has 0 bridgehead atoms. The third-order valence-electron chi connectivity index (χ3n) is 2.74. The van der Waals surface area contributed by atoms with E-state index in [1.54, 1.807) is 11.1 Å². The normalized spacial score (nSPS) is 15.2. The molecule has 0 aliphatic heterocycles. The van der Waals surface area contributed by atoms with Crippen molar-refractivity contribution in [2.45, 2.75) is 51.8 Å². The minimum absolute atomic E-state index is 0.250. The van der Waals surface area contributed by atoms with Gasteiger partial charge >= 0.3 is 6.09 Å². The molecule has 5 heteroatoms. The van der Waals surface area contributed by atoms with Crippen molar-refractivity contribution in [1.82, 2.24) is 9.88 Å². The third kappa shape index (κ3) is 4.49. The monoisotopic (exact) mass is 326 g/mol. The zero-order chi connectivity index (χ0) is 14.0. The number of hydrogen-bond donors (Lipinski definition) is 0. The summed E-state index contributed by atoms with van der Waals surface area (Å²) < 4.78 is 6.38. The summed E-state index contributed by atoms with van der Waals surface area (Å²) in [6.45, 7) is 6.16. The highest BCUT2D eigenvalue weighted by Gasteiger charge is 2.35. The van der Waals surface area contributed by atoms with Crippen molar-refractivity contribution >= 4 is 22.0 Å². The Hall–Kier alpha value is -1.10. The highest BCUT2D eigenvalue weighted by atomic mass is 79.9. The fourth-order valence-corrected chi connectivity index (χ4v) is 1.96. The van der Waals surface area contributed by atoms with Crippen LogP contribution in [0.25, 0.3) is 0 Å². The van der Waals surface area contributed by atoms with Crippen LogP contribution in [0, 0.1) is 0 Å². The Kier molecular flexibility index (Phi) is 4.13. The zero-order valence-corrected chi connectivity index (χ0v) is 13.1. The Balaban J connectivity index is 2.04. The van der Waals surface area contributed by atoms with Crippen LogP contribution in [0.4, 0.5) is 4.79 Å². The fraction of sp³-hybridized carbons (Fsp3) is 0.571. The number of ether oxygens (including phenoxy) is 1. The van der Waals surface area contributed by atoms with Crippen LogP contribution in [0.2, 0.25) is 0 Å². The van der Waals surface area contributed by atoms with E-state index in [2.05, 4.69) is 20.9 Å². The summed E-state index contributed by atoms with van der Waals surface area (Å²) in [6.07, 6.45) is 3.60. The van der Waals surface area contributed by atoms with Gasteiger partial charge in [-0.1, -0.05) is 0 Å². The molecule has 4 nitrogen and oxygen atoms in total. The maximum atomic E-state index is 12.2. The third-order valence-corrected chi connectivity index (χ3v) is 3.21. The van der Waals surface area contributed by atoms with Gasteiger partial charge in [0.1, 0.15) is 5.60 Å². The lowest BCUT2D eigenvalue weighted by atomic mass is 10.2. The van der Waals surface area contributed by atoms with Gasteiger partial charge in [-0.2, -0.15) is 0 Å². The van der Waals surface area contributed by atoms with Crippen molar-refractivity contribution in [1.29, 1.82) is 0 Å². The topological polar surface area (TPSA) is 42.4 Å². The van der Waals surface area contributed by atoms with Gasteiger partial charge in [0.25, 0.3) is 0 Å². The Bertz CT molecular complexity index is 450. The molecule has 1 fully saturated rings. The number of rotatable bonds is 3. The van der Waals surface area contributed by atoms with E-state index < -0.39 is 5.60 Å². The second-order valence-electron chi connectivity index (χ2n) is 5.81.